The van der Waals surface area contributed by atoms with Gasteiger partial charge >= 0.3 is 0 Å². The minimum Gasteiger partial charge on any atom is -0.392 e. The van der Waals surface area contributed by atoms with Gasteiger partial charge in [-0.05, 0) is 88.1 Å². The third-order valence-corrected chi connectivity index (χ3v) is 8.52. The second-order valence-corrected chi connectivity index (χ2v) is 11.2. The summed E-state index contributed by atoms with van der Waals surface area (Å²) in [7, 11) is 0. The number of hydrogen-bond donors (Lipinski definition) is 1. The SMILES string of the molecule is Cc1cccc(CC/C=C/[C@@H]2[C@H]3CC(CCSCCN4CCCCC4)=C[C@H]3C[C@H]2O)c1. The average Bonchev–Trinajstić information content (AvgIpc) is 3.28. The number of rotatable bonds is 10. The summed E-state index contributed by atoms with van der Waals surface area (Å²) >= 11 is 2.13. The maximum Gasteiger partial charge on any atom is 0.0611 e. The van der Waals surface area contributed by atoms with Crippen LogP contribution in [0.2, 0.25) is 0 Å². The van der Waals surface area contributed by atoms with E-state index in [4.69, 9.17) is 0 Å². The van der Waals surface area contributed by atoms with E-state index in [1.54, 1.807) is 5.57 Å². The summed E-state index contributed by atoms with van der Waals surface area (Å²) < 4.78 is 0. The van der Waals surface area contributed by atoms with Gasteiger partial charge in [0, 0.05) is 18.2 Å². The van der Waals surface area contributed by atoms with Gasteiger partial charge in [0.05, 0.1) is 6.10 Å². The van der Waals surface area contributed by atoms with Crippen LogP contribution in [0.15, 0.2) is 48.1 Å². The Morgan fingerprint density at radius 3 is 2.84 bits per heavy atom. The van der Waals surface area contributed by atoms with Crippen molar-refractivity contribution < 1.29 is 5.11 Å². The molecular formula is C28H41NOS. The summed E-state index contributed by atoms with van der Waals surface area (Å²) in [6, 6.07) is 8.81. The van der Waals surface area contributed by atoms with Crippen LogP contribution >= 0.6 is 11.8 Å². The molecule has 170 valence electrons. The zero-order chi connectivity index (χ0) is 21.5. The van der Waals surface area contributed by atoms with Gasteiger partial charge in [0.1, 0.15) is 0 Å². The molecule has 0 bridgehead atoms. The number of hydrogen-bond acceptors (Lipinski definition) is 3. The van der Waals surface area contributed by atoms with E-state index in [1.165, 1.54) is 74.4 Å². The Morgan fingerprint density at radius 2 is 2.00 bits per heavy atom. The second-order valence-electron chi connectivity index (χ2n) is 9.96. The Balaban J connectivity index is 1.16. The molecule has 4 atom stereocenters. The van der Waals surface area contributed by atoms with Crippen LogP contribution in [0.25, 0.3) is 0 Å². The van der Waals surface area contributed by atoms with Gasteiger partial charge in [-0.1, -0.05) is 60.1 Å². The van der Waals surface area contributed by atoms with Crippen molar-refractivity contribution in [2.45, 2.75) is 64.4 Å². The lowest BCUT2D eigenvalue weighted by Crippen LogP contribution is -2.31. The molecule has 0 amide bonds. The number of nitrogens with zero attached hydrogens (tertiary/aromatic N) is 1. The molecule has 2 aliphatic carbocycles. The highest BCUT2D eigenvalue weighted by Crippen LogP contribution is 2.48. The quantitative estimate of drug-likeness (QED) is 0.355. The molecule has 3 aliphatic rings. The fourth-order valence-electron chi connectivity index (χ4n) is 5.84. The standard InChI is InChI=1S/C28H41NOS/c1-22-8-7-10-23(18-22)9-3-4-11-26-27-20-24(19-25(27)21-28(26)30)12-16-31-17-15-29-13-5-2-6-14-29/h4,7-8,10-11,18-19,25-28,30H,2-3,5-6,9,12-17,20-21H2,1H3/b11-4+/t25-,26+,27-,28+/m0/s1. The first-order valence-corrected chi connectivity index (χ1v) is 13.7. The van der Waals surface area contributed by atoms with Gasteiger partial charge in [-0.15, -0.1) is 0 Å². The maximum atomic E-state index is 10.6. The number of aryl methyl sites for hydroxylation is 2. The van der Waals surface area contributed by atoms with Gasteiger partial charge in [0.2, 0.25) is 0 Å². The summed E-state index contributed by atoms with van der Waals surface area (Å²) in [5, 5.41) is 10.6. The van der Waals surface area contributed by atoms with Crippen molar-refractivity contribution in [2.75, 3.05) is 31.1 Å². The highest BCUT2D eigenvalue weighted by Gasteiger charge is 2.43. The fourth-order valence-corrected chi connectivity index (χ4v) is 6.84. The Morgan fingerprint density at radius 1 is 1.13 bits per heavy atom. The van der Waals surface area contributed by atoms with Crippen molar-refractivity contribution in [1.29, 1.82) is 0 Å². The largest absolute Gasteiger partial charge is 0.392 e. The Bertz CT molecular complexity index is 751. The topological polar surface area (TPSA) is 23.5 Å². The molecule has 1 aromatic rings. The van der Waals surface area contributed by atoms with E-state index >= 15 is 0 Å². The van der Waals surface area contributed by atoms with Crippen molar-refractivity contribution >= 4 is 11.8 Å². The Hall–Kier alpha value is -1.03. The van der Waals surface area contributed by atoms with E-state index < -0.39 is 0 Å². The van der Waals surface area contributed by atoms with Crippen LogP contribution in [0, 0.1) is 24.7 Å². The molecular weight excluding hydrogens is 398 g/mol. The second kappa shape index (κ2) is 11.7. The number of benzene rings is 1. The van der Waals surface area contributed by atoms with Crippen molar-refractivity contribution in [2.24, 2.45) is 17.8 Å². The van der Waals surface area contributed by atoms with Crippen LogP contribution in [0.1, 0.15) is 56.1 Å². The van der Waals surface area contributed by atoms with Gasteiger partial charge in [0.25, 0.3) is 0 Å². The van der Waals surface area contributed by atoms with Gasteiger partial charge in [-0.25, -0.2) is 0 Å². The lowest BCUT2D eigenvalue weighted by Gasteiger charge is -2.26. The van der Waals surface area contributed by atoms with E-state index in [9.17, 15) is 5.11 Å². The summed E-state index contributed by atoms with van der Waals surface area (Å²) in [6.07, 6.45) is 16.8. The van der Waals surface area contributed by atoms with E-state index in [0.29, 0.717) is 17.8 Å². The summed E-state index contributed by atoms with van der Waals surface area (Å²) in [5.41, 5.74) is 4.41. The summed E-state index contributed by atoms with van der Waals surface area (Å²) in [5.74, 6) is 4.14. The highest BCUT2D eigenvalue weighted by atomic mass is 32.2. The first-order valence-electron chi connectivity index (χ1n) is 12.6. The minimum absolute atomic E-state index is 0.151. The van der Waals surface area contributed by atoms with Gasteiger partial charge < -0.3 is 10.0 Å². The molecule has 3 heteroatoms. The maximum absolute atomic E-state index is 10.6. The third-order valence-electron chi connectivity index (χ3n) is 7.56. The van der Waals surface area contributed by atoms with Crippen molar-refractivity contribution in [3.05, 3.63) is 59.2 Å². The Labute approximate surface area is 194 Å². The van der Waals surface area contributed by atoms with Crippen LogP contribution in [-0.4, -0.2) is 47.3 Å². The molecule has 0 spiro atoms. The van der Waals surface area contributed by atoms with Crippen molar-refractivity contribution in [3.8, 4) is 0 Å². The van der Waals surface area contributed by atoms with Crippen molar-refractivity contribution in [1.82, 2.24) is 4.90 Å². The van der Waals surface area contributed by atoms with Gasteiger partial charge in [-0.2, -0.15) is 11.8 Å². The molecule has 0 aromatic heterocycles. The summed E-state index contributed by atoms with van der Waals surface area (Å²) in [4.78, 5) is 2.65. The first-order chi connectivity index (χ1) is 15.2. The first kappa shape index (κ1) is 23.1. The van der Waals surface area contributed by atoms with Crippen LogP contribution in [-0.2, 0) is 6.42 Å². The molecule has 1 saturated heterocycles. The smallest absolute Gasteiger partial charge is 0.0611 e. The van der Waals surface area contributed by atoms with E-state index in [1.807, 2.05) is 0 Å². The van der Waals surface area contributed by atoms with Gasteiger partial charge in [0.15, 0.2) is 0 Å². The molecule has 1 aromatic carbocycles. The van der Waals surface area contributed by atoms with Crippen LogP contribution in [0.5, 0.6) is 0 Å². The molecule has 2 nitrogen and oxygen atoms in total. The minimum atomic E-state index is -0.151. The molecule has 1 aliphatic heterocycles. The summed E-state index contributed by atoms with van der Waals surface area (Å²) in [6.45, 7) is 6.07. The van der Waals surface area contributed by atoms with E-state index in [2.05, 4.69) is 66.1 Å². The molecule has 4 rings (SSSR count). The Kier molecular flexibility index (Phi) is 8.75. The number of fused-ring (bicyclic) bond motifs is 1. The number of aliphatic hydroxyl groups is 1. The van der Waals surface area contributed by atoms with E-state index in [0.717, 1.165) is 19.3 Å². The zero-order valence-electron chi connectivity index (χ0n) is 19.3. The number of thioether (sulfide) groups is 1. The van der Waals surface area contributed by atoms with Crippen LogP contribution in [0.4, 0.5) is 0 Å². The third kappa shape index (κ3) is 6.73. The molecule has 2 fully saturated rings. The van der Waals surface area contributed by atoms with Crippen LogP contribution < -0.4 is 0 Å². The fraction of sp³-hybridized carbons (Fsp3) is 0.643. The lowest BCUT2D eigenvalue weighted by atomic mass is 9.89. The number of aliphatic hydroxyl groups excluding tert-OH is 1. The number of allylic oxidation sites excluding steroid dienone is 3. The zero-order valence-corrected chi connectivity index (χ0v) is 20.2. The van der Waals surface area contributed by atoms with Crippen LogP contribution in [0.3, 0.4) is 0 Å². The molecule has 31 heavy (non-hydrogen) atoms. The monoisotopic (exact) mass is 439 g/mol. The van der Waals surface area contributed by atoms with Gasteiger partial charge in [-0.3, -0.25) is 0 Å². The molecule has 0 radical (unpaired) electrons. The van der Waals surface area contributed by atoms with E-state index in [-0.39, 0.29) is 6.10 Å². The molecule has 1 heterocycles. The predicted molar refractivity (Wildman–Crippen MR) is 135 cm³/mol. The lowest BCUT2D eigenvalue weighted by molar-refractivity contribution is 0.141. The number of likely N-dealkylation sites (tertiary alicyclic amines) is 1. The normalized spacial score (nSPS) is 28.9. The average molecular weight is 440 g/mol. The number of piperidine rings is 1. The molecule has 0 unspecified atom stereocenters. The predicted octanol–water partition coefficient (Wildman–Crippen LogP) is 6.04. The molecule has 1 saturated carbocycles. The van der Waals surface area contributed by atoms with Crippen molar-refractivity contribution in [3.63, 3.8) is 0 Å². The highest BCUT2D eigenvalue weighted by molar-refractivity contribution is 7.99. The molecule has 1 N–H and O–H groups in total.